The van der Waals surface area contributed by atoms with Gasteiger partial charge in [-0.3, -0.25) is 14.2 Å². The van der Waals surface area contributed by atoms with E-state index in [9.17, 15) is 18.0 Å². The van der Waals surface area contributed by atoms with Crippen LogP contribution in [-0.4, -0.2) is 47.2 Å². The largest absolute Gasteiger partial charge is 0.352 e. The normalized spacial score (nSPS) is 19.6. The van der Waals surface area contributed by atoms with Crippen molar-refractivity contribution in [3.63, 3.8) is 0 Å². The minimum absolute atomic E-state index is 0.00217. The molecule has 0 bridgehead atoms. The number of amides is 1. The predicted molar refractivity (Wildman–Crippen MR) is 95.5 cm³/mol. The summed E-state index contributed by atoms with van der Waals surface area (Å²) in [7, 11) is -3.02. The summed E-state index contributed by atoms with van der Waals surface area (Å²) in [6.07, 6.45) is 0.456. The van der Waals surface area contributed by atoms with Gasteiger partial charge in [0.15, 0.2) is 15.0 Å². The van der Waals surface area contributed by atoms with Gasteiger partial charge in [-0.15, -0.1) is 11.3 Å². The first-order chi connectivity index (χ1) is 11.4. The van der Waals surface area contributed by atoms with Crippen molar-refractivity contribution in [2.45, 2.75) is 31.1 Å². The lowest BCUT2D eigenvalue weighted by molar-refractivity contribution is -0.119. The SMILES string of the molecule is CCn1c(SCC(=O)N[C@@H]2CCS(=O)(=O)C2)nc2ccsc2c1=O. The van der Waals surface area contributed by atoms with E-state index in [0.29, 0.717) is 28.3 Å². The summed E-state index contributed by atoms with van der Waals surface area (Å²) in [6, 6.07) is 1.47. The summed E-state index contributed by atoms with van der Waals surface area (Å²) in [5.41, 5.74) is 0.543. The maximum atomic E-state index is 12.4. The Labute approximate surface area is 147 Å². The summed E-state index contributed by atoms with van der Waals surface area (Å²) < 4.78 is 25.0. The molecule has 1 aliphatic heterocycles. The van der Waals surface area contributed by atoms with E-state index in [4.69, 9.17) is 0 Å². The zero-order valence-corrected chi connectivity index (χ0v) is 15.5. The lowest BCUT2D eigenvalue weighted by Crippen LogP contribution is -2.36. The van der Waals surface area contributed by atoms with Crippen LogP contribution < -0.4 is 10.9 Å². The Bertz CT molecular complexity index is 932. The number of nitrogens with one attached hydrogen (secondary N) is 1. The Morgan fingerprint density at radius 3 is 3.00 bits per heavy atom. The third-order valence-electron chi connectivity index (χ3n) is 3.78. The molecule has 0 saturated carbocycles. The Kier molecular flexibility index (Phi) is 4.97. The Hall–Kier alpha value is -1.39. The van der Waals surface area contributed by atoms with Gasteiger partial charge in [-0.1, -0.05) is 11.8 Å². The molecule has 0 aliphatic carbocycles. The van der Waals surface area contributed by atoms with Gasteiger partial charge in [-0.05, 0) is 24.8 Å². The highest BCUT2D eigenvalue weighted by molar-refractivity contribution is 7.99. The number of hydrogen-bond donors (Lipinski definition) is 1. The van der Waals surface area contributed by atoms with Crippen LogP contribution in [0, 0.1) is 0 Å². The molecule has 0 radical (unpaired) electrons. The number of hydrogen-bond acceptors (Lipinski definition) is 7. The molecule has 0 spiro atoms. The molecule has 0 aromatic carbocycles. The fourth-order valence-electron chi connectivity index (χ4n) is 2.62. The van der Waals surface area contributed by atoms with E-state index in [0.717, 1.165) is 0 Å². The average molecular weight is 388 g/mol. The highest BCUT2D eigenvalue weighted by Crippen LogP contribution is 2.21. The monoisotopic (exact) mass is 387 g/mol. The van der Waals surface area contributed by atoms with E-state index in [1.807, 2.05) is 12.3 Å². The van der Waals surface area contributed by atoms with E-state index >= 15 is 0 Å². The van der Waals surface area contributed by atoms with E-state index < -0.39 is 9.84 Å². The first kappa shape index (κ1) is 17.4. The second-order valence-electron chi connectivity index (χ2n) is 5.53. The fraction of sp³-hybridized carbons (Fsp3) is 0.500. The second kappa shape index (κ2) is 6.85. The third kappa shape index (κ3) is 3.65. The molecule has 1 fully saturated rings. The zero-order chi connectivity index (χ0) is 17.3. The molecule has 0 unspecified atom stereocenters. The Morgan fingerprint density at radius 1 is 1.54 bits per heavy atom. The van der Waals surface area contributed by atoms with Crippen LogP contribution in [-0.2, 0) is 21.2 Å². The molecular formula is C14H17N3O4S3. The van der Waals surface area contributed by atoms with Crippen molar-refractivity contribution in [2.24, 2.45) is 0 Å². The van der Waals surface area contributed by atoms with Crippen molar-refractivity contribution in [3.8, 4) is 0 Å². The van der Waals surface area contributed by atoms with Gasteiger partial charge in [0.1, 0.15) is 4.70 Å². The molecule has 130 valence electrons. The number of thiophene rings is 1. The first-order valence-electron chi connectivity index (χ1n) is 7.50. The van der Waals surface area contributed by atoms with Gasteiger partial charge in [0.05, 0.1) is 22.8 Å². The van der Waals surface area contributed by atoms with Crippen molar-refractivity contribution in [2.75, 3.05) is 17.3 Å². The molecule has 7 nitrogen and oxygen atoms in total. The van der Waals surface area contributed by atoms with Gasteiger partial charge in [0, 0.05) is 12.6 Å². The van der Waals surface area contributed by atoms with Gasteiger partial charge in [0.2, 0.25) is 5.91 Å². The van der Waals surface area contributed by atoms with Crippen LogP contribution in [0.3, 0.4) is 0 Å². The van der Waals surface area contributed by atoms with Crippen LogP contribution in [0.2, 0.25) is 0 Å². The molecule has 3 rings (SSSR count). The Balaban J connectivity index is 1.69. The third-order valence-corrected chi connectivity index (χ3v) is 7.41. The molecular weight excluding hydrogens is 370 g/mol. The van der Waals surface area contributed by atoms with Gasteiger partial charge in [-0.2, -0.15) is 0 Å². The predicted octanol–water partition coefficient (Wildman–Crippen LogP) is 0.873. The number of sulfone groups is 1. The molecule has 3 heterocycles. The van der Waals surface area contributed by atoms with Crippen LogP contribution >= 0.6 is 23.1 Å². The quantitative estimate of drug-likeness (QED) is 0.604. The van der Waals surface area contributed by atoms with Gasteiger partial charge in [0.25, 0.3) is 5.56 Å². The number of nitrogens with zero attached hydrogens (tertiary/aromatic N) is 2. The number of carbonyl (C=O) groups excluding carboxylic acids is 1. The topological polar surface area (TPSA) is 98.1 Å². The zero-order valence-electron chi connectivity index (χ0n) is 13.0. The van der Waals surface area contributed by atoms with Crippen molar-refractivity contribution in [3.05, 3.63) is 21.8 Å². The fourth-order valence-corrected chi connectivity index (χ4v) is 5.95. The molecule has 1 aliphatic rings. The standard InChI is InChI=1S/C14H17N3O4S3/c1-2-17-13(19)12-10(3-5-22-12)16-14(17)23-7-11(18)15-9-4-6-24(20,21)8-9/h3,5,9H,2,4,6-8H2,1H3,(H,15,18)/t9-/m1/s1. The molecule has 2 aromatic rings. The van der Waals surface area contributed by atoms with E-state index in [1.165, 1.54) is 23.1 Å². The van der Waals surface area contributed by atoms with Crippen LogP contribution in [0.15, 0.2) is 21.4 Å². The van der Waals surface area contributed by atoms with Crippen molar-refractivity contribution >= 4 is 49.1 Å². The molecule has 1 atom stereocenters. The lowest BCUT2D eigenvalue weighted by Gasteiger charge is -2.12. The van der Waals surface area contributed by atoms with Crippen molar-refractivity contribution in [1.82, 2.24) is 14.9 Å². The van der Waals surface area contributed by atoms with Crippen molar-refractivity contribution < 1.29 is 13.2 Å². The molecule has 10 heteroatoms. The maximum absolute atomic E-state index is 12.4. The average Bonchev–Trinajstić information content (AvgIpc) is 3.11. The first-order valence-corrected chi connectivity index (χ1v) is 11.2. The van der Waals surface area contributed by atoms with Crippen LogP contribution in [0.5, 0.6) is 0 Å². The molecule has 2 aromatic heterocycles. The number of fused-ring (bicyclic) bond motifs is 1. The van der Waals surface area contributed by atoms with E-state index in [1.54, 1.807) is 10.6 Å². The molecule has 1 N–H and O–H groups in total. The summed E-state index contributed by atoms with van der Waals surface area (Å²) in [5, 5.41) is 5.06. The minimum atomic E-state index is -3.02. The smallest absolute Gasteiger partial charge is 0.272 e. The summed E-state index contributed by atoms with van der Waals surface area (Å²) in [6.45, 7) is 2.33. The van der Waals surface area contributed by atoms with E-state index in [-0.39, 0.29) is 34.8 Å². The number of thioether (sulfide) groups is 1. The minimum Gasteiger partial charge on any atom is -0.352 e. The van der Waals surface area contributed by atoms with Crippen molar-refractivity contribution in [1.29, 1.82) is 0 Å². The number of carbonyl (C=O) groups is 1. The van der Waals surface area contributed by atoms with Crippen LogP contribution in [0.1, 0.15) is 13.3 Å². The molecule has 24 heavy (non-hydrogen) atoms. The summed E-state index contributed by atoms with van der Waals surface area (Å²) >= 11 is 2.55. The number of aromatic nitrogens is 2. The van der Waals surface area contributed by atoms with Crippen LogP contribution in [0.25, 0.3) is 10.2 Å². The van der Waals surface area contributed by atoms with E-state index in [2.05, 4.69) is 10.3 Å². The highest BCUT2D eigenvalue weighted by Gasteiger charge is 2.28. The summed E-state index contributed by atoms with van der Waals surface area (Å²) in [5.74, 6) is -0.0260. The lowest BCUT2D eigenvalue weighted by atomic mass is 10.3. The molecule has 1 saturated heterocycles. The highest BCUT2D eigenvalue weighted by atomic mass is 32.2. The van der Waals surface area contributed by atoms with Gasteiger partial charge < -0.3 is 5.32 Å². The summed E-state index contributed by atoms with van der Waals surface area (Å²) in [4.78, 5) is 28.9. The maximum Gasteiger partial charge on any atom is 0.272 e. The number of rotatable bonds is 5. The van der Waals surface area contributed by atoms with Gasteiger partial charge >= 0.3 is 0 Å². The second-order valence-corrected chi connectivity index (χ2v) is 9.62. The Morgan fingerprint density at radius 2 is 2.33 bits per heavy atom. The molecule has 1 amide bonds. The van der Waals surface area contributed by atoms with Gasteiger partial charge in [-0.25, -0.2) is 13.4 Å². The van der Waals surface area contributed by atoms with Crippen LogP contribution in [0.4, 0.5) is 0 Å².